The summed E-state index contributed by atoms with van der Waals surface area (Å²) in [7, 11) is 1.79. The van der Waals surface area contributed by atoms with Gasteiger partial charge in [-0.3, -0.25) is 4.90 Å². The number of phenolic OH excluding ortho intramolecular Hbond substituents is 1. The van der Waals surface area contributed by atoms with Gasteiger partial charge in [-0.2, -0.15) is 0 Å². The number of rotatable bonds is 7. The quantitative estimate of drug-likeness (QED) is 0.613. The molecule has 2 aromatic carbocycles. The first-order chi connectivity index (χ1) is 16.0. The zero-order valence-corrected chi connectivity index (χ0v) is 19.3. The lowest BCUT2D eigenvalue weighted by molar-refractivity contribution is -0.146. The van der Waals surface area contributed by atoms with Crippen molar-refractivity contribution in [2.24, 2.45) is 0 Å². The maximum atomic E-state index is 12.6. The number of methoxy groups -OCH3 is 1. The van der Waals surface area contributed by atoms with Crippen LogP contribution < -0.4 is 5.32 Å². The van der Waals surface area contributed by atoms with Gasteiger partial charge in [0.15, 0.2) is 0 Å². The van der Waals surface area contributed by atoms with E-state index in [1.54, 1.807) is 13.2 Å². The minimum Gasteiger partial charge on any atom is -0.508 e. The highest BCUT2D eigenvalue weighted by molar-refractivity contribution is 5.67. The normalized spacial score (nSPS) is 27.4. The predicted octanol–water partition coefficient (Wildman–Crippen LogP) is 4.39. The molecule has 1 saturated heterocycles. The van der Waals surface area contributed by atoms with Crippen molar-refractivity contribution in [3.8, 4) is 5.75 Å². The molecular weight excluding hydrogens is 416 g/mol. The van der Waals surface area contributed by atoms with E-state index in [4.69, 9.17) is 9.47 Å². The van der Waals surface area contributed by atoms with Gasteiger partial charge < -0.3 is 19.9 Å². The van der Waals surface area contributed by atoms with E-state index in [0.717, 1.165) is 56.4 Å². The number of phenols is 1. The molecule has 2 aromatic rings. The number of piperidine rings is 1. The van der Waals surface area contributed by atoms with Crippen LogP contribution in [0.25, 0.3) is 0 Å². The maximum Gasteiger partial charge on any atom is 0.407 e. The summed E-state index contributed by atoms with van der Waals surface area (Å²) in [4.78, 5) is 15.0. The molecule has 176 valence electrons. The van der Waals surface area contributed by atoms with Gasteiger partial charge in [-0.05, 0) is 55.5 Å². The fourth-order valence-electron chi connectivity index (χ4n) is 5.79. The second-order valence-corrected chi connectivity index (χ2v) is 9.25. The molecule has 1 heterocycles. The average molecular weight is 451 g/mol. The number of hydrogen-bond donors (Lipinski definition) is 2. The molecule has 0 spiro atoms. The summed E-state index contributed by atoms with van der Waals surface area (Å²) in [6, 6.07) is 17.2. The largest absolute Gasteiger partial charge is 0.508 e. The van der Waals surface area contributed by atoms with Gasteiger partial charge in [0.2, 0.25) is 0 Å². The molecule has 0 bridgehead atoms. The summed E-state index contributed by atoms with van der Waals surface area (Å²) in [6.07, 6.45) is 4.74. The zero-order valence-electron chi connectivity index (χ0n) is 19.3. The number of alkyl carbamates (subject to hydrolysis) is 1. The van der Waals surface area contributed by atoms with Crippen LogP contribution in [0.5, 0.6) is 5.75 Å². The van der Waals surface area contributed by atoms with E-state index < -0.39 is 11.7 Å². The van der Waals surface area contributed by atoms with E-state index in [2.05, 4.69) is 22.9 Å². The van der Waals surface area contributed by atoms with E-state index in [1.807, 2.05) is 48.5 Å². The topological polar surface area (TPSA) is 71.0 Å². The molecular formula is C27H34N2O4. The molecule has 6 nitrogen and oxygen atoms in total. The first kappa shape index (κ1) is 23.3. The number of aromatic hydroxyl groups is 1. The van der Waals surface area contributed by atoms with Crippen LogP contribution >= 0.6 is 0 Å². The van der Waals surface area contributed by atoms with Crippen molar-refractivity contribution in [3.05, 3.63) is 78.4 Å². The molecule has 33 heavy (non-hydrogen) atoms. The Morgan fingerprint density at radius 1 is 1.24 bits per heavy atom. The van der Waals surface area contributed by atoms with E-state index >= 15 is 0 Å². The van der Waals surface area contributed by atoms with E-state index in [1.165, 1.54) is 0 Å². The van der Waals surface area contributed by atoms with Crippen molar-refractivity contribution < 1.29 is 19.4 Å². The SMILES string of the molecule is C=CCN1CCC2(c3cccc(O)c3)CC(NC(=O)OCc3ccccc3)CCC2(OC)C1. The zero-order chi connectivity index (χ0) is 23.3. The van der Waals surface area contributed by atoms with Crippen LogP contribution in [0.3, 0.4) is 0 Å². The van der Waals surface area contributed by atoms with Crippen LogP contribution in [-0.4, -0.2) is 54.5 Å². The van der Waals surface area contributed by atoms with Crippen molar-refractivity contribution in [2.75, 3.05) is 26.7 Å². The van der Waals surface area contributed by atoms with Gasteiger partial charge in [-0.1, -0.05) is 48.5 Å². The highest BCUT2D eigenvalue weighted by atomic mass is 16.5. The monoisotopic (exact) mass is 450 g/mol. The number of fused-ring (bicyclic) bond motifs is 1. The van der Waals surface area contributed by atoms with Crippen LogP contribution in [0.2, 0.25) is 0 Å². The van der Waals surface area contributed by atoms with Gasteiger partial charge in [0, 0.05) is 31.7 Å². The third-order valence-corrected chi connectivity index (χ3v) is 7.41. The van der Waals surface area contributed by atoms with Crippen molar-refractivity contribution >= 4 is 6.09 Å². The Kier molecular flexibility index (Phi) is 7.05. The number of hydrogen-bond acceptors (Lipinski definition) is 5. The van der Waals surface area contributed by atoms with Gasteiger partial charge in [0.1, 0.15) is 12.4 Å². The number of nitrogens with zero attached hydrogens (tertiary/aromatic N) is 1. The number of carbonyl (C=O) groups is 1. The van der Waals surface area contributed by atoms with E-state index in [0.29, 0.717) is 0 Å². The lowest BCUT2D eigenvalue weighted by Crippen LogP contribution is -2.67. The number of likely N-dealkylation sites (tertiary alicyclic amines) is 1. The first-order valence-electron chi connectivity index (χ1n) is 11.7. The fourth-order valence-corrected chi connectivity index (χ4v) is 5.79. The smallest absolute Gasteiger partial charge is 0.407 e. The van der Waals surface area contributed by atoms with Crippen LogP contribution in [0, 0.1) is 0 Å². The van der Waals surface area contributed by atoms with Crippen LogP contribution in [-0.2, 0) is 21.5 Å². The predicted molar refractivity (Wildman–Crippen MR) is 128 cm³/mol. The third kappa shape index (κ3) is 4.77. The summed E-state index contributed by atoms with van der Waals surface area (Å²) in [5.74, 6) is 0.248. The van der Waals surface area contributed by atoms with Crippen LogP contribution in [0.1, 0.15) is 36.8 Å². The Hall–Kier alpha value is -2.83. The highest BCUT2D eigenvalue weighted by Gasteiger charge is 2.58. The summed E-state index contributed by atoms with van der Waals surface area (Å²) in [5.41, 5.74) is 1.29. The summed E-state index contributed by atoms with van der Waals surface area (Å²) < 4.78 is 11.8. The molecule has 2 aliphatic rings. The lowest BCUT2D eigenvalue weighted by atomic mass is 9.55. The third-order valence-electron chi connectivity index (χ3n) is 7.41. The standard InChI is InChI=1S/C27H34N2O4/c1-3-15-29-16-14-26(22-10-7-11-24(30)17-22)18-23(12-13-27(26,20-29)32-2)28-25(31)33-19-21-8-5-4-6-9-21/h3-11,17,23,30H,1,12-16,18-20H2,2H3,(H,28,31). The molecule has 1 aliphatic carbocycles. The van der Waals surface area contributed by atoms with Crippen LogP contribution in [0.15, 0.2) is 67.3 Å². The lowest BCUT2D eigenvalue weighted by Gasteiger charge is -2.59. The summed E-state index contributed by atoms with van der Waals surface area (Å²) in [5, 5.41) is 13.4. The number of amides is 1. The van der Waals surface area contributed by atoms with Crippen LogP contribution in [0.4, 0.5) is 4.79 Å². The number of nitrogens with one attached hydrogen (secondary N) is 1. The fraction of sp³-hybridized carbons (Fsp3) is 0.444. The van der Waals surface area contributed by atoms with Crippen molar-refractivity contribution in [3.63, 3.8) is 0 Å². The van der Waals surface area contributed by atoms with E-state index in [9.17, 15) is 9.90 Å². The number of ether oxygens (including phenoxy) is 2. The molecule has 2 N–H and O–H groups in total. The minimum atomic E-state index is -0.409. The van der Waals surface area contributed by atoms with Crippen molar-refractivity contribution in [1.29, 1.82) is 0 Å². The van der Waals surface area contributed by atoms with Gasteiger partial charge in [0.05, 0.1) is 5.60 Å². The van der Waals surface area contributed by atoms with Crippen molar-refractivity contribution in [2.45, 2.75) is 49.3 Å². The molecule has 1 amide bonds. The second-order valence-electron chi connectivity index (χ2n) is 9.25. The molecule has 0 radical (unpaired) electrons. The molecule has 1 saturated carbocycles. The van der Waals surface area contributed by atoms with Gasteiger partial charge in [-0.25, -0.2) is 4.79 Å². The molecule has 1 aliphatic heterocycles. The average Bonchev–Trinajstić information content (AvgIpc) is 2.83. The van der Waals surface area contributed by atoms with E-state index in [-0.39, 0.29) is 23.8 Å². The Morgan fingerprint density at radius 2 is 2.06 bits per heavy atom. The summed E-state index contributed by atoms with van der Waals surface area (Å²) >= 11 is 0. The van der Waals surface area contributed by atoms with Gasteiger partial charge >= 0.3 is 6.09 Å². The molecule has 6 heteroatoms. The van der Waals surface area contributed by atoms with Gasteiger partial charge in [-0.15, -0.1) is 6.58 Å². The Labute approximate surface area is 196 Å². The molecule has 2 fully saturated rings. The molecule has 3 atom stereocenters. The second kappa shape index (κ2) is 9.98. The Bertz CT molecular complexity index is 966. The maximum absolute atomic E-state index is 12.6. The molecule has 4 rings (SSSR count). The first-order valence-corrected chi connectivity index (χ1v) is 11.7. The minimum absolute atomic E-state index is 0.0372. The van der Waals surface area contributed by atoms with Crippen molar-refractivity contribution in [1.82, 2.24) is 10.2 Å². The Morgan fingerprint density at radius 3 is 2.79 bits per heavy atom. The Balaban J connectivity index is 1.55. The van der Waals surface area contributed by atoms with Gasteiger partial charge in [0.25, 0.3) is 0 Å². The number of benzene rings is 2. The summed E-state index contributed by atoms with van der Waals surface area (Å²) in [6.45, 7) is 6.65. The highest BCUT2D eigenvalue weighted by Crippen LogP contribution is 2.53. The number of carbonyl (C=O) groups excluding carboxylic acids is 1. The molecule has 3 unspecified atom stereocenters. The molecule has 0 aromatic heterocycles.